The molecule has 0 aliphatic rings. The van der Waals surface area contributed by atoms with Crippen molar-refractivity contribution in [2.24, 2.45) is 0 Å². The van der Waals surface area contributed by atoms with Gasteiger partial charge in [0.15, 0.2) is 11.9 Å². The van der Waals surface area contributed by atoms with Crippen molar-refractivity contribution in [3.63, 3.8) is 0 Å². The molecule has 1 aromatic carbocycles. The van der Waals surface area contributed by atoms with Gasteiger partial charge in [-0.05, 0) is 18.6 Å². The molecule has 0 aliphatic heterocycles. The summed E-state index contributed by atoms with van der Waals surface area (Å²) in [5, 5.41) is 12.1. The molecule has 0 spiro atoms. The second-order valence-electron chi connectivity index (χ2n) is 8.91. The third-order valence-electron chi connectivity index (χ3n) is 5.94. The molecule has 0 saturated carbocycles. The van der Waals surface area contributed by atoms with Crippen molar-refractivity contribution in [2.45, 2.75) is 110 Å². The second kappa shape index (κ2) is 20.3. The summed E-state index contributed by atoms with van der Waals surface area (Å²) >= 11 is 0. The summed E-state index contributed by atoms with van der Waals surface area (Å²) in [6.45, 7) is 5.68. The van der Waals surface area contributed by atoms with Crippen molar-refractivity contribution in [2.75, 3.05) is 5.32 Å². The van der Waals surface area contributed by atoms with Crippen molar-refractivity contribution in [3.05, 3.63) is 60.4 Å². The van der Waals surface area contributed by atoms with Crippen LogP contribution in [0.25, 0.3) is 0 Å². The van der Waals surface area contributed by atoms with Crippen LogP contribution in [0.15, 0.2) is 54.7 Å². The number of hydrogen-bond donors (Lipinski definition) is 1. The summed E-state index contributed by atoms with van der Waals surface area (Å²) in [6, 6.07) is 15.0. The number of amides is 1. The molecule has 0 saturated heterocycles. The van der Waals surface area contributed by atoms with Gasteiger partial charge in [0.25, 0.3) is 0 Å². The van der Waals surface area contributed by atoms with Crippen molar-refractivity contribution in [1.82, 2.24) is 0 Å². The van der Waals surface area contributed by atoms with Crippen molar-refractivity contribution in [1.29, 1.82) is 0 Å². The molecule has 1 aromatic heterocycles. The lowest BCUT2D eigenvalue weighted by Gasteiger charge is -2.04. The number of aromatic nitrogens is 1. The third kappa shape index (κ3) is 16.9. The van der Waals surface area contributed by atoms with Crippen molar-refractivity contribution < 1.29 is 14.5 Å². The summed E-state index contributed by atoms with van der Waals surface area (Å²) in [4.78, 5) is 9.95. The van der Waals surface area contributed by atoms with Gasteiger partial charge < -0.3 is 15.2 Å². The Hall–Kier alpha value is -2.36. The molecule has 4 nitrogen and oxygen atoms in total. The molecule has 0 radical (unpaired) electrons. The maximum absolute atomic E-state index is 9.95. The molecule has 33 heavy (non-hydrogen) atoms. The van der Waals surface area contributed by atoms with E-state index in [0.29, 0.717) is 5.69 Å². The Morgan fingerprint density at radius 3 is 1.70 bits per heavy atom. The zero-order valence-corrected chi connectivity index (χ0v) is 21.1. The molecule has 0 unspecified atom stereocenters. The molecular weight excluding hydrogens is 408 g/mol. The lowest BCUT2D eigenvalue weighted by atomic mass is 10.0. The minimum Gasteiger partial charge on any atom is -0.530 e. The van der Waals surface area contributed by atoms with Crippen molar-refractivity contribution >= 4 is 11.8 Å². The van der Waals surface area contributed by atoms with E-state index in [1.54, 1.807) is 30.3 Å². The molecule has 1 amide bonds. The third-order valence-corrected chi connectivity index (χ3v) is 5.94. The summed E-state index contributed by atoms with van der Waals surface area (Å²) in [5.74, 6) is 0. The fraction of sp³-hybridized carbons (Fsp3) is 0.586. The highest BCUT2D eigenvalue weighted by atomic mass is 16.4. The average Bonchev–Trinajstić information content (AvgIpc) is 2.81. The maximum atomic E-state index is 9.95. The Kier molecular flexibility index (Phi) is 17.6. The molecule has 184 valence electrons. The molecule has 2 rings (SSSR count). The van der Waals surface area contributed by atoms with Gasteiger partial charge in [0.05, 0.1) is 0 Å². The van der Waals surface area contributed by atoms with Gasteiger partial charge in [0.1, 0.15) is 12.6 Å². The van der Waals surface area contributed by atoms with E-state index in [-0.39, 0.29) is 0 Å². The Labute approximate surface area is 202 Å². The van der Waals surface area contributed by atoms with Gasteiger partial charge in [0.2, 0.25) is 0 Å². The van der Waals surface area contributed by atoms with Gasteiger partial charge in [-0.15, -0.1) is 0 Å². The first-order chi connectivity index (χ1) is 16.1. The first-order valence-electron chi connectivity index (χ1n) is 13.1. The van der Waals surface area contributed by atoms with E-state index >= 15 is 0 Å². The lowest BCUT2D eigenvalue weighted by molar-refractivity contribution is -0.703. The minimum atomic E-state index is -1.29. The van der Waals surface area contributed by atoms with Gasteiger partial charge in [-0.2, -0.15) is 0 Å². The molecule has 0 fully saturated rings. The van der Waals surface area contributed by atoms with E-state index in [0.717, 1.165) is 0 Å². The van der Waals surface area contributed by atoms with E-state index < -0.39 is 6.09 Å². The highest BCUT2D eigenvalue weighted by molar-refractivity contribution is 5.80. The molecular formula is C29H46N2O2. The van der Waals surface area contributed by atoms with E-state index in [1.807, 2.05) is 0 Å². The minimum absolute atomic E-state index is 0.530. The van der Waals surface area contributed by atoms with Crippen molar-refractivity contribution in [3.8, 4) is 0 Å². The van der Waals surface area contributed by atoms with E-state index in [2.05, 4.69) is 48.1 Å². The molecule has 2 aromatic rings. The molecule has 1 N–H and O–H groups in total. The highest BCUT2D eigenvalue weighted by Crippen LogP contribution is 2.13. The summed E-state index contributed by atoms with van der Waals surface area (Å²) in [7, 11) is 0. The summed E-state index contributed by atoms with van der Waals surface area (Å²) in [6.07, 6.45) is 21.0. The number of benzene rings is 1. The number of pyridine rings is 1. The van der Waals surface area contributed by atoms with Gasteiger partial charge >= 0.3 is 0 Å². The quantitative estimate of drug-likeness (QED) is 0.215. The zero-order chi connectivity index (χ0) is 24.0. The molecule has 1 heterocycles. The van der Waals surface area contributed by atoms with Crippen LogP contribution in [-0.4, -0.2) is 6.09 Å². The first kappa shape index (κ1) is 28.7. The number of carbonyl (C=O) groups excluding carboxylic acids is 1. The number of aryl methyl sites for hydroxylation is 2. The van der Waals surface area contributed by atoms with Crippen LogP contribution >= 0.6 is 0 Å². The number of rotatable bonds is 16. The first-order valence-corrected chi connectivity index (χ1v) is 13.1. The van der Waals surface area contributed by atoms with Gasteiger partial charge in [-0.3, -0.25) is 0 Å². The number of hydrogen-bond acceptors (Lipinski definition) is 2. The van der Waals surface area contributed by atoms with Crippen LogP contribution < -0.4 is 15.0 Å². The number of unbranched alkanes of at least 4 members (excludes halogenated alkanes) is 13. The number of anilines is 1. The second-order valence-corrected chi connectivity index (χ2v) is 8.91. The fourth-order valence-corrected chi connectivity index (χ4v) is 3.93. The Balaban J connectivity index is 0.000000451. The zero-order valence-electron chi connectivity index (χ0n) is 21.1. The summed E-state index contributed by atoms with van der Waals surface area (Å²) < 4.78 is 2.38. The smallest absolute Gasteiger partial charge is 0.178 e. The van der Waals surface area contributed by atoms with Gasteiger partial charge in [0, 0.05) is 31.2 Å². The predicted octanol–water partition coefficient (Wildman–Crippen LogP) is 7.21. The van der Waals surface area contributed by atoms with Crippen LogP contribution in [-0.2, 0) is 6.54 Å². The van der Waals surface area contributed by atoms with E-state index in [1.165, 1.54) is 102 Å². The summed E-state index contributed by atoms with van der Waals surface area (Å²) in [5.41, 5.74) is 1.91. The van der Waals surface area contributed by atoms with Gasteiger partial charge in [-0.25, -0.2) is 4.57 Å². The number of para-hydroxylation sites is 1. The Bertz CT molecular complexity index is 719. The van der Waals surface area contributed by atoms with Crippen LogP contribution in [0.4, 0.5) is 10.5 Å². The average molecular weight is 455 g/mol. The number of carboxylic acid groups (broad SMARTS) is 1. The normalized spacial score (nSPS) is 10.4. The standard InChI is InChI=1S/C22H40N.C7H7NO2/c1-3-4-5-6-7-8-9-10-11-12-13-14-15-17-20-23-21-18-16-19-22(23)2;9-7(10)8-6-4-2-1-3-5-6/h16,18-19,21H,3-15,17,20H2,1-2H3;1-5,8H,(H,9,10)/q+1;/p-1. The molecule has 0 bridgehead atoms. The number of carbonyl (C=O) groups is 1. The molecule has 0 atom stereocenters. The van der Waals surface area contributed by atoms with Crippen LogP contribution in [0.2, 0.25) is 0 Å². The van der Waals surface area contributed by atoms with Crippen LogP contribution in [0.3, 0.4) is 0 Å². The lowest BCUT2D eigenvalue weighted by Crippen LogP contribution is -2.36. The Morgan fingerprint density at radius 2 is 1.21 bits per heavy atom. The van der Waals surface area contributed by atoms with Crippen LogP contribution in [0.5, 0.6) is 0 Å². The topological polar surface area (TPSA) is 56.0 Å². The van der Waals surface area contributed by atoms with Gasteiger partial charge in [-0.1, -0.05) is 108 Å². The number of nitrogens with one attached hydrogen (secondary N) is 1. The van der Waals surface area contributed by atoms with Crippen LogP contribution in [0.1, 0.15) is 103 Å². The monoisotopic (exact) mass is 454 g/mol. The van der Waals surface area contributed by atoms with E-state index in [9.17, 15) is 9.90 Å². The SMILES string of the molecule is CCCCCCCCCCCCCCCC[n+]1ccccc1C.O=C([O-])Nc1ccccc1. The largest absolute Gasteiger partial charge is 0.530 e. The molecule has 4 heteroatoms. The van der Waals surface area contributed by atoms with Crippen LogP contribution in [0, 0.1) is 6.92 Å². The number of nitrogens with zero attached hydrogens (tertiary/aromatic N) is 1. The predicted molar refractivity (Wildman–Crippen MR) is 137 cm³/mol. The maximum Gasteiger partial charge on any atom is 0.178 e. The fourth-order valence-electron chi connectivity index (χ4n) is 3.93. The van der Waals surface area contributed by atoms with E-state index in [4.69, 9.17) is 0 Å². The molecule has 0 aliphatic carbocycles. The highest BCUT2D eigenvalue weighted by Gasteiger charge is 2.03. The Morgan fingerprint density at radius 1 is 0.727 bits per heavy atom.